The molecule has 1 aliphatic heterocycles. The number of aromatic nitrogens is 1. The number of carbonyl (C=O) groups excluding carboxylic acids is 1. The molecule has 1 aliphatic rings. The first kappa shape index (κ1) is 29.2. The minimum Gasteiger partial charge on any atom is -0.379 e. The van der Waals surface area contributed by atoms with Gasteiger partial charge in [0, 0.05) is 23.8 Å². The molecule has 1 saturated heterocycles. The highest BCUT2D eigenvalue weighted by molar-refractivity contribution is 7.94. The summed E-state index contributed by atoms with van der Waals surface area (Å²) in [4.78, 5) is 19.2. The van der Waals surface area contributed by atoms with Crippen molar-refractivity contribution in [1.82, 2.24) is 9.88 Å². The van der Waals surface area contributed by atoms with Gasteiger partial charge in [-0.3, -0.25) is 14.4 Å². The molecule has 0 aliphatic carbocycles. The molecule has 208 valence electrons. The quantitative estimate of drug-likeness (QED) is 0.346. The number of aryl methyl sites for hydroxylation is 2. The van der Waals surface area contributed by atoms with Crippen molar-refractivity contribution in [3.05, 3.63) is 76.4 Å². The Morgan fingerprint density at radius 1 is 1.13 bits per heavy atom. The Bertz CT molecular complexity index is 1600. The van der Waals surface area contributed by atoms with E-state index < -0.39 is 31.1 Å². The number of sulfonamides is 1. The molecule has 2 heterocycles. The van der Waals surface area contributed by atoms with Gasteiger partial charge in [-0.25, -0.2) is 21.8 Å². The zero-order valence-electron chi connectivity index (χ0n) is 21.2. The number of thiazole rings is 1. The molecule has 0 bridgehead atoms. The number of sulfone groups is 1. The zero-order valence-corrected chi connectivity index (χ0v) is 24.4. The van der Waals surface area contributed by atoms with Gasteiger partial charge in [0.15, 0.2) is 14.0 Å². The van der Waals surface area contributed by atoms with Crippen LogP contribution in [0.25, 0.3) is 0 Å². The number of hydrogen-bond acceptors (Lipinski definition) is 9. The number of nitrogens with one attached hydrogen (secondary N) is 2. The second kappa shape index (κ2) is 11.7. The summed E-state index contributed by atoms with van der Waals surface area (Å²) in [5.41, 5.74) is 0.678. The van der Waals surface area contributed by atoms with Crippen LogP contribution in [0.15, 0.2) is 64.2 Å². The molecular formula is C25H27ClN4O6S3. The van der Waals surface area contributed by atoms with Crippen LogP contribution in [0.1, 0.15) is 21.1 Å². The van der Waals surface area contributed by atoms with Gasteiger partial charge in [0.1, 0.15) is 5.37 Å². The Hall–Kier alpha value is -2.81. The molecule has 1 atom stereocenters. The molecule has 1 aromatic heterocycles. The highest BCUT2D eigenvalue weighted by atomic mass is 35.5. The van der Waals surface area contributed by atoms with E-state index in [4.69, 9.17) is 16.3 Å². The predicted octanol–water partition coefficient (Wildman–Crippen LogP) is 4.08. The van der Waals surface area contributed by atoms with Gasteiger partial charge in [-0.1, -0.05) is 17.7 Å². The second-order valence-electron chi connectivity index (χ2n) is 8.70. The van der Waals surface area contributed by atoms with Crippen molar-refractivity contribution >= 4 is 60.1 Å². The number of halogens is 1. The number of morpholine rings is 1. The first-order chi connectivity index (χ1) is 18.4. The number of nitrogens with zero attached hydrogens (tertiary/aromatic N) is 2. The Balaban J connectivity index is 1.55. The molecule has 0 saturated carbocycles. The van der Waals surface area contributed by atoms with Crippen molar-refractivity contribution in [3.8, 4) is 0 Å². The van der Waals surface area contributed by atoms with E-state index in [-0.39, 0.29) is 25.4 Å². The number of anilines is 2. The molecule has 14 heteroatoms. The number of hydrogen-bond donors (Lipinski definition) is 2. The fourth-order valence-electron chi connectivity index (χ4n) is 4.12. The summed E-state index contributed by atoms with van der Waals surface area (Å²) in [6, 6.07) is 9.93. The normalized spacial score (nSPS) is 15.5. The summed E-state index contributed by atoms with van der Waals surface area (Å²) in [6.07, 6.45) is 1.40. The van der Waals surface area contributed by atoms with Crippen molar-refractivity contribution < 1.29 is 26.4 Å². The number of carbonyl (C=O) groups is 1. The average Bonchev–Trinajstić information content (AvgIpc) is 3.25. The Labute approximate surface area is 236 Å². The fourth-order valence-corrected chi connectivity index (χ4v) is 8.50. The lowest BCUT2D eigenvalue weighted by Crippen LogP contribution is -2.46. The molecule has 0 radical (unpaired) electrons. The van der Waals surface area contributed by atoms with Crippen molar-refractivity contribution in [2.24, 2.45) is 0 Å². The molecule has 4 rings (SSSR count). The van der Waals surface area contributed by atoms with E-state index in [1.165, 1.54) is 48.5 Å². The minimum absolute atomic E-state index is 0.0132. The Morgan fingerprint density at radius 3 is 2.38 bits per heavy atom. The van der Waals surface area contributed by atoms with E-state index >= 15 is 0 Å². The number of rotatable bonds is 9. The molecular weight excluding hydrogens is 584 g/mol. The number of amides is 1. The maximum atomic E-state index is 13.3. The van der Waals surface area contributed by atoms with E-state index in [9.17, 15) is 21.6 Å². The monoisotopic (exact) mass is 610 g/mol. The van der Waals surface area contributed by atoms with Gasteiger partial charge in [-0.2, -0.15) is 0 Å². The summed E-state index contributed by atoms with van der Waals surface area (Å²) in [6.45, 7) is 8.82. The lowest BCUT2D eigenvalue weighted by Gasteiger charge is -2.32. The third-order valence-corrected chi connectivity index (χ3v) is 11.3. The molecule has 1 unspecified atom stereocenters. The van der Waals surface area contributed by atoms with Crippen molar-refractivity contribution in [3.63, 3.8) is 0 Å². The first-order valence-electron chi connectivity index (χ1n) is 11.8. The fraction of sp³-hybridized carbons (Fsp3) is 0.280. The first-order valence-corrected chi connectivity index (χ1v) is 16.0. The largest absolute Gasteiger partial charge is 0.379 e. The Morgan fingerprint density at radius 2 is 1.79 bits per heavy atom. The van der Waals surface area contributed by atoms with Gasteiger partial charge >= 0.3 is 0 Å². The van der Waals surface area contributed by atoms with Crippen LogP contribution in [0.4, 0.5) is 11.4 Å². The van der Waals surface area contributed by atoms with Crippen molar-refractivity contribution in [2.45, 2.75) is 28.3 Å². The van der Waals surface area contributed by atoms with Crippen LogP contribution in [-0.2, 0) is 24.6 Å². The van der Waals surface area contributed by atoms with Crippen LogP contribution in [0.3, 0.4) is 0 Å². The third-order valence-electron chi connectivity index (χ3n) is 5.94. The zero-order chi connectivity index (χ0) is 28.4. The molecule has 1 fully saturated rings. The smallest absolute Gasteiger partial charge is 0.273 e. The topological polar surface area (TPSA) is 135 Å². The van der Waals surface area contributed by atoms with E-state index in [1.54, 1.807) is 18.7 Å². The molecule has 39 heavy (non-hydrogen) atoms. The van der Waals surface area contributed by atoms with E-state index in [2.05, 4.69) is 21.6 Å². The van der Waals surface area contributed by atoms with E-state index in [0.29, 0.717) is 42.7 Å². The average molecular weight is 611 g/mol. The maximum absolute atomic E-state index is 13.3. The van der Waals surface area contributed by atoms with Gasteiger partial charge < -0.3 is 10.1 Å². The van der Waals surface area contributed by atoms with Gasteiger partial charge in [0.2, 0.25) is 0 Å². The van der Waals surface area contributed by atoms with Crippen LogP contribution in [0, 0.1) is 13.8 Å². The Kier molecular flexibility index (Phi) is 8.78. The van der Waals surface area contributed by atoms with E-state index in [0.717, 1.165) is 11.3 Å². The summed E-state index contributed by atoms with van der Waals surface area (Å²) in [5.74, 6) is -0.639. The summed E-state index contributed by atoms with van der Waals surface area (Å²) in [7, 11) is -7.78. The summed E-state index contributed by atoms with van der Waals surface area (Å²) in [5, 5.41) is 2.58. The molecule has 2 aromatic carbocycles. The van der Waals surface area contributed by atoms with Crippen molar-refractivity contribution in [2.75, 3.05) is 36.3 Å². The highest BCUT2D eigenvalue weighted by Crippen LogP contribution is 2.29. The SMILES string of the molecule is C=CC(N1CCOCC1)S(=O)(=O)c1ccc(NC(=O)c2cc(Cl)ccc2NS(=O)(=O)c2sc(C)nc2C)cc1. The lowest BCUT2D eigenvalue weighted by molar-refractivity contribution is 0.0374. The van der Waals surface area contributed by atoms with Crippen LogP contribution in [-0.4, -0.2) is 64.3 Å². The van der Waals surface area contributed by atoms with Gasteiger partial charge in [0.05, 0.1) is 40.1 Å². The third kappa shape index (κ3) is 6.51. The second-order valence-corrected chi connectivity index (χ2v) is 14.3. The minimum atomic E-state index is -4.01. The molecule has 1 amide bonds. The summed E-state index contributed by atoms with van der Waals surface area (Å²) >= 11 is 7.13. The van der Waals surface area contributed by atoms with Gasteiger partial charge in [-0.15, -0.1) is 17.9 Å². The van der Waals surface area contributed by atoms with Gasteiger partial charge in [0.25, 0.3) is 15.9 Å². The number of ether oxygens (including phenoxy) is 1. The highest BCUT2D eigenvalue weighted by Gasteiger charge is 2.31. The molecule has 2 N–H and O–H groups in total. The molecule has 0 spiro atoms. The van der Waals surface area contributed by atoms with Crippen LogP contribution in [0.2, 0.25) is 5.02 Å². The van der Waals surface area contributed by atoms with E-state index in [1.807, 2.05) is 0 Å². The standard InChI is InChI=1S/C25H27ClN4O6S3/c1-4-23(30-11-13-36-14-12-30)38(32,33)20-8-6-19(7-9-20)28-24(31)21-15-18(26)5-10-22(21)29-39(34,35)25-16(2)27-17(3)37-25/h4-10,15,23,29H,1,11-14H2,2-3H3,(H,28,31). The molecule has 10 nitrogen and oxygen atoms in total. The van der Waals surface area contributed by atoms with Crippen molar-refractivity contribution in [1.29, 1.82) is 0 Å². The van der Waals surface area contributed by atoms with Crippen LogP contribution >= 0.6 is 22.9 Å². The lowest BCUT2D eigenvalue weighted by atomic mass is 10.1. The maximum Gasteiger partial charge on any atom is 0.273 e. The van der Waals surface area contributed by atoms with Gasteiger partial charge in [-0.05, 0) is 56.3 Å². The predicted molar refractivity (Wildman–Crippen MR) is 152 cm³/mol. The number of benzene rings is 2. The van der Waals surface area contributed by atoms with Crippen LogP contribution in [0.5, 0.6) is 0 Å². The summed E-state index contributed by atoms with van der Waals surface area (Å²) < 4.78 is 60.3. The molecule has 3 aromatic rings. The van der Waals surface area contributed by atoms with Crippen LogP contribution < -0.4 is 10.0 Å².